The minimum absolute atomic E-state index is 0.385. The lowest BCUT2D eigenvalue weighted by molar-refractivity contribution is -0.107. The van der Waals surface area contributed by atoms with Gasteiger partial charge in [-0.3, -0.25) is 0 Å². The van der Waals surface area contributed by atoms with Gasteiger partial charge in [-0.25, -0.2) is 4.98 Å². The molecule has 0 saturated carbocycles. The Morgan fingerprint density at radius 3 is 3.07 bits per heavy atom. The smallest absolute Gasteiger partial charge is 0.215 e. The average Bonchev–Trinajstić information content (AvgIpc) is 2.60. The van der Waals surface area contributed by atoms with Crippen LogP contribution in [0.3, 0.4) is 0 Å². The Balaban J connectivity index is 2.19. The van der Waals surface area contributed by atoms with Crippen molar-refractivity contribution in [1.82, 2.24) is 15.0 Å². The standard InChI is InChI=1S/C10H10FN3O/c11-8-5-4-7-10(13-8)14-9(12-7)3-1-2-6-15/h4-6H,1-3H2,(H,12,13,14). The molecule has 2 aromatic rings. The molecule has 2 aromatic heterocycles. The first-order chi connectivity index (χ1) is 7.29. The monoisotopic (exact) mass is 207 g/mol. The molecular formula is C10H10FN3O. The molecule has 0 radical (unpaired) electrons. The third-order valence-electron chi connectivity index (χ3n) is 2.10. The van der Waals surface area contributed by atoms with Crippen molar-refractivity contribution < 1.29 is 9.18 Å². The zero-order chi connectivity index (χ0) is 10.7. The predicted molar refractivity (Wildman–Crippen MR) is 52.8 cm³/mol. The largest absolute Gasteiger partial charge is 0.341 e. The summed E-state index contributed by atoms with van der Waals surface area (Å²) in [6.07, 6.45) is 2.81. The van der Waals surface area contributed by atoms with Crippen LogP contribution in [0.4, 0.5) is 4.39 Å². The summed E-state index contributed by atoms with van der Waals surface area (Å²) in [5.74, 6) is 0.207. The SMILES string of the molecule is O=CCCCc1nc2nc(F)ccc2[nH]1. The maximum absolute atomic E-state index is 12.7. The van der Waals surface area contributed by atoms with Gasteiger partial charge >= 0.3 is 0 Å². The van der Waals surface area contributed by atoms with Crippen molar-refractivity contribution in [3.05, 3.63) is 23.9 Å². The molecule has 5 heteroatoms. The lowest BCUT2D eigenvalue weighted by atomic mass is 10.2. The number of H-pyrrole nitrogens is 1. The second-order valence-corrected chi connectivity index (χ2v) is 3.25. The molecule has 2 heterocycles. The van der Waals surface area contributed by atoms with Crippen molar-refractivity contribution >= 4 is 17.5 Å². The van der Waals surface area contributed by atoms with E-state index in [0.717, 1.165) is 24.0 Å². The number of halogens is 1. The summed E-state index contributed by atoms with van der Waals surface area (Å²) >= 11 is 0. The van der Waals surface area contributed by atoms with Crippen LogP contribution in [0, 0.1) is 5.95 Å². The van der Waals surface area contributed by atoms with E-state index in [1.54, 1.807) is 6.07 Å². The van der Waals surface area contributed by atoms with Gasteiger partial charge in [0.05, 0.1) is 5.52 Å². The highest BCUT2D eigenvalue weighted by molar-refractivity contribution is 5.69. The Morgan fingerprint density at radius 2 is 2.27 bits per heavy atom. The van der Waals surface area contributed by atoms with Gasteiger partial charge in [-0.2, -0.15) is 9.37 Å². The summed E-state index contributed by atoms with van der Waals surface area (Å²) in [6.45, 7) is 0. The quantitative estimate of drug-likeness (QED) is 0.471. The lowest BCUT2D eigenvalue weighted by Crippen LogP contribution is -1.88. The fourth-order valence-corrected chi connectivity index (χ4v) is 1.39. The first-order valence-corrected chi connectivity index (χ1v) is 4.74. The Kier molecular flexibility index (Phi) is 2.71. The molecule has 0 bridgehead atoms. The van der Waals surface area contributed by atoms with E-state index in [9.17, 15) is 9.18 Å². The number of imidazole rings is 1. The summed E-state index contributed by atoms with van der Waals surface area (Å²) in [4.78, 5) is 20.9. The molecule has 4 nitrogen and oxygen atoms in total. The minimum Gasteiger partial charge on any atom is -0.341 e. The van der Waals surface area contributed by atoms with E-state index in [1.807, 2.05) is 0 Å². The van der Waals surface area contributed by atoms with E-state index >= 15 is 0 Å². The van der Waals surface area contributed by atoms with Crippen LogP contribution in [0.15, 0.2) is 12.1 Å². The molecule has 2 rings (SSSR count). The first kappa shape index (κ1) is 9.76. The Hall–Kier alpha value is -1.78. The Bertz CT molecular complexity index is 480. The molecule has 0 amide bonds. The second kappa shape index (κ2) is 4.16. The molecule has 0 aliphatic carbocycles. The van der Waals surface area contributed by atoms with E-state index in [0.29, 0.717) is 18.5 Å². The van der Waals surface area contributed by atoms with Gasteiger partial charge in [0, 0.05) is 12.8 Å². The number of aromatic amines is 1. The van der Waals surface area contributed by atoms with E-state index in [1.165, 1.54) is 6.07 Å². The molecular weight excluding hydrogens is 197 g/mol. The number of aryl methyl sites for hydroxylation is 1. The molecule has 15 heavy (non-hydrogen) atoms. The zero-order valence-electron chi connectivity index (χ0n) is 8.03. The molecule has 78 valence electrons. The number of aldehydes is 1. The fraction of sp³-hybridized carbons (Fsp3) is 0.300. The summed E-state index contributed by atoms with van der Waals surface area (Å²) in [5, 5.41) is 0. The number of nitrogens with zero attached hydrogens (tertiary/aromatic N) is 2. The number of hydrogen-bond donors (Lipinski definition) is 1. The van der Waals surface area contributed by atoms with Crippen molar-refractivity contribution in [2.75, 3.05) is 0 Å². The molecule has 0 aromatic carbocycles. The number of fused-ring (bicyclic) bond motifs is 1. The van der Waals surface area contributed by atoms with Crippen LogP contribution < -0.4 is 0 Å². The normalized spacial score (nSPS) is 10.7. The van der Waals surface area contributed by atoms with Crippen LogP contribution in [0.1, 0.15) is 18.7 Å². The number of aromatic nitrogens is 3. The summed E-state index contributed by atoms with van der Waals surface area (Å²) in [7, 11) is 0. The van der Waals surface area contributed by atoms with Crippen molar-refractivity contribution in [2.24, 2.45) is 0 Å². The second-order valence-electron chi connectivity index (χ2n) is 3.25. The van der Waals surface area contributed by atoms with Gasteiger partial charge in [0.1, 0.15) is 12.1 Å². The van der Waals surface area contributed by atoms with Gasteiger partial charge in [-0.1, -0.05) is 0 Å². The Morgan fingerprint density at radius 1 is 1.40 bits per heavy atom. The summed E-state index contributed by atoms with van der Waals surface area (Å²) < 4.78 is 12.7. The highest BCUT2D eigenvalue weighted by atomic mass is 19.1. The number of unbranched alkanes of at least 4 members (excludes halogenated alkanes) is 1. The summed E-state index contributed by atoms with van der Waals surface area (Å²) in [5.41, 5.74) is 1.11. The number of carbonyl (C=O) groups excluding carboxylic acids is 1. The summed E-state index contributed by atoms with van der Waals surface area (Å²) in [6, 6.07) is 2.89. The van der Waals surface area contributed by atoms with Crippen LogP contribution in [0.2, 0.25) is 0 Å². The van der Waals surface area contributed by atoms with Gasteiger partial charge < -0.3 is 9.78 Å². The first-order valence-electron chi connectivity index (χ1n) is 4.74. The lowest BCUT2D eigenvalue weighted by Gasteiger charge is -1.90. The third kappa shape index (κ3) is 2.18. The van der Waals surface area contributed by atoms with Gasteiger partial charge in [-0.15, -0.1) is 0 Å². The number of hydrogen-bond acceptors (Lipinski definition) is 3. The van der Waals surface area contributed by atoms with Crippen LogP contribution in [0.25, 0.3) is 11.2 Å². The van der Waals surface area contributed by atoms with Crippen LogP contribution in [-0.4, -0.2) is 21.2 Å². The molecule has 0 atom stereocenters. The number of rotatable bonds is 4. The highest BCUT2D eigenvalue weighted by Crippen LogP contribution is 2.10. The molecule has 0 spiro atoms. The highest BCUT2D eigenvalue weighted by Gasteiger charge is 2.04. The number of pyridine rings is 1. The van der Waals surface area contributed by atoms with Gasteiger partial charge in [0.2, 0.25) is 5.95 Å². The van der Waals surface area contributed by atoms with Gasteiger partial charge in [0.15, 0.2) is 5.65 Å². The van der Waals surface area contributed by atoms with E-state index in [2.05, 4.69) is 15.0 Å². The minimum atomic E-state index is -0.534. The Labute approximate surface area is 85.5 Å². The zero-order valence-corrected chi connectivity index (χ0v) is 8.03. The van der Waals surface area contributed by atoms with Crippen molar-refractivity contribution in [3.63, 3.8) is 0 Å². The topological polar surface area (TPSA) is 58.6 Å². The molecule has 0 fully saturated rings. The van der Waals surface area contributed by atoms with Crippen molar-refractivity contribution in [1.29, 1.82) is 0 Å². The van der Waals surface area contributed by atoms with Gasteiger partial charge in [0.25, 0.3) is 0 Å². The predicted octanol–water partition coefficient (Wildman–Crippen LogP) is 1.62. The molecule has 0 aliphatic heterocycles. The fourth-order valence-electron chi connectivity index (χ4n) is 1.39. The number of nitrogens with one attached hydrogen (secondary N) is 1. The molecule has 1 N–H and O–H groups in total. The van der Waals surface area contributed by atoms with E-state index in [-0.39, 0.29) is 0 Å². The van der Waals surface area contributed by atoms with E-state index in [4.69, 9.17) is 0 Å². The third-order valence-corrected chi connectivity index (χ3v) is 2.10. The average molecular weight is 207 g/mol. The van der Waals surface area contributed by atoms with E-state index < -0.39 is 5.95 Å². The van der Waals surface area contributed by atoms with Gasteiger partial charge in [-0.05, 0) is 18.6 Å². The maximum Gasteiger partial charge on any atom is 0.215 e. The molecule has 0 aliphatic rings. The van der Waals surface area contributed by atoms with Crippen LogP contribution in [0.5, 0.6) is 0 Å². The molecule has 0 saturated heterocycles. The van der Waals surface area contributed by atoms with Crippen LogP contribution >= 0.6 is 0 Å². The molecule has 0 unspecified atom stereocenters. The van der Waals surface area contributed by atoms with Crippen molar-refractivity contribution in [3.8, 4) is 0 Å². The number of carbonyl (C=O) groups is 1. The maximum atomic E-state index is 12.7. The van der Waals surface area contributed by atoms with Crippen molar-refractivity contribution in [2.45, 2.75) is 19.3 Å². The van der Waals surface area contributed by atoms with Crippen LogP contribution in [-0.2, 0) is 11.2 Å².